The first-order valence-corrected chi connectivity index (χ1v) is 12.6. The maximum Gasteiger partial charge on any atom is 0.243 e. The van der Waals surface area contributed by atoms with Gasteiger partial charge < -0.3 is 5.32 Å². The average molecular weight is 477 g/mol. The first-order valence-electron chi connectivity index (χ1n) is 9.18. The van der Waals surface area contributed by atoms with Crippen LogP contribution in [-0.2, 0) is 20.6 Å². The van der Waals surface area contributed by atoms with Crippen LogP contribution in [0.3, 0.4) is 0 Å². The minimum atomic E-state index is -3.78. The molecule has 0 aliphatic heterocycles. The summed E-state index contributed by atoms with van der Waals surface area (Å²) in [5, 5.41) is 3.06. The van der Waals surface area contributed by atoms with E-state index in [0.717, 1.165) is 22.7 Å². The highest BCUT2D eigenvalue weighted by atomic mass is 35.5. The summed E-state index contributed by atoms with van der Waals surface area (Å²) in [6.07, 6.45) is 1.23. The Labute approximate surface area is 184 Å². The molecule has 1 N–H and O–H groups in total. The molecule has 2 aromatic carbocycles. The number of sulfonamides is 1. The third-order valence-electron chi connectivity index (χ3n) is 4.26. The zero-order valence-electron chi connectivity index (χ0n) is 16.6. The average Bonchev–Trinajstić information content (AvgIpc) is 2.67. The van der Waals surface area contributed by atoms with Crippen molar-refractivity contribution >= 4 is 45.0 Å². The van der Waals surface area contributed by atoms with Crippen LogP contribution in [0.1, 0.15) is 18.9 Å². The standard InChI is InChI=1S/C20H23ClF2N2O3S2/c1-3-19(25(30(2,27)28)15-9-7-14(22)8-10-15)20(26)24-11-12-29-13-16-17(21)5-4-6-18(16)23/h4-10,19H,3,11-13H2,1-2H3,(H,24,26). The molecule has 0 aliphatic rings. The summed E-state index contributed by atoms with van der Waals surface area (Å²) < 4.78 is 52.6. The molecule has 0 spiro atoms. The van der Waals surface area contributed by atoms with Crippen LogP contribution in [0.4, 0.5) is 14.5 Å². The zero-order chi connectivity index (χ0) is 22.3. The highest BCUT2D eigenvalue weighted by Crippen LogP contribution is 2.24. The van der Waals surface area contributed by atoms with Gasteiger partial charge in [0.05, 0.1) is 11.9 Å². The molecule has 1 amide bonds. The summed E-state index contributed by atoms with van der Waals surface area (Å²) in [6.45, 7) is 1.97. The van der Waals surface area contributed by atoms with E-state index < -0.39 is 27.8 Å². The summed E-state index contributed by atoms with van der Waals surface area (Å²) in [5.74, 6) is -0.507. The maximum absolute atomic E-state index is 13.8. The number of carbonyl (C=O) groups excluding carboxylic acids is 1. The molecule has 0 heterocycles. The fourth-order valence-corrected chi connectivity index (χ4v) is 5.27. The zero-order valence-corrected chi connectivity index (χ0v) is 19.0. The second-order valence-corrected chi connectivity index (χ2v) is 9.87. The molecule has 0 saturated carbocycles. The lowest BCUT2D eigenvalue weighted by Crippen LogP contribution is -2.49. The van der Waals surface area contributed by atoms with E-state index in [2.05, 4.69) is 5.32 Å². The van der Waals surface area contributed by atoms with Gasteiger partial charge in [-0.15, -0.1) is 0 Å². The Kier molecular flexibility index (Phi) is 8.93. The molecule has 10 heteroatoms. The van der Waals surface area contributed by atoms with E-state index in [1.807, 2.05) is 0 Å². The van der Waals surface area contributed by atoms with E-state index in [1.54, 1.807) is 13.0 Å². The van der Waals surface area contributed by atoms with Gasteiger partial charge in [0.1, 0.15) is 17.7 Å². The summed E-state index contributed by atoms with van der Waals surface area (Å²) >= 11 is 7.38. The quantitative estimate of drug-likeness (QED) is 0.521. The third-order valence-corrected chi connectivity index (χ3v) is 6.78. The second kappa shape index (κ2) is 11.0. The summed E-state index contributed by atoms with van der Waals surface area (Å²) in [4.78, 5) is 12.7. The van der Waals surface area contributed by atoms with Gasteiger partial charge >= 0.3 is 0 Å². The van der Waals surface area contributed by atoms with Crippen LogP contribution >= 0.6 is 23.4 Å². The third kappa shape index (κ3) is 6.58. The van der Waals surface area contributed by atoms with Crippen LogP contribution in [0.25, 0.3) is 0 Å². The number of rotatable bonds is 10. The molecule has 0 radical (unpaired) electrons. The number of anilines is 1. The van der Waals surface area contributed by atoms with Crippen LogP contribution < -0.4 is 9.62 Å². The van der Waals surface area contributed by atoms with E-state index in [0.29, 0.717) is 22.1 Å². The lowest BCUT2D eigenvalue weighted by atomic mass is 10.2. The van der Waals surface area contributed by atoms with Crippen molar-refractivity contribution in [2.75, 3.05) is 22.9 Å². The summed E-state index contributed by atoms with van der Waals surface area (Å²) in [7, 11) is -3.78. The predicted octanol–water partition coefficient (Wildman–Crippen LogP) is 4.21. The van der Waals surface area contributed by atoms with Crippen LogP contribution in [-0.4, -0.2) is 38.9 Å². The fourth-order valence-electron chi connectivity index (χ4n) is 2.86. The molecule has 0 aliphatic carbocycles. The van der Waals surface area contributed by atoms with Crippen molar-refractivity contribution in [2.24, 2.45) is 0 Å². The van der Waals surface area contributed by atoms with Gasteiger partial charge in [0.15, 0.2) is 0 Å². The highest BCUT2D eigenvalue weighted by Gasteiger charge is 2.31. The topological polar surface area (TPSA) is 66.5 Å². The Morgan fingerprint density at radius 3 is 2.43 bits per heavy atom. The van der Waals surface area contributed by atoms with E-state index in [9.17, 15) is 22.0 Å². The maximum atomic E-state index is 13.8. The van der Waals surface area contributed by atoms with Crippen molar-refractivity contribution in [3.63, 3.8) is 0 Å². The number of benzene rings is 2. The van der Waals surface area contributed by atoms with Gasteiger partial charge in [0.25, 0.3) is 0 Å². The number of carbonyl (C=O) groups is 1. The van der Waals surface area contributed by atoms with Gasteiger partial charge in [-0.2, -0.15) is 11.8 Å². The minimum absolute atomic E-state index is 0.212. The Morgan fingerprint density at radius 2 is 1.87 bits per heavy atom. The molecule has 0 bridgehead atoms. The van der Waals surface area contributed by atoms with Gasteiger partial charge in [-0.3, -0.25) is 9.10 Å². The SMILES string of the molecule is CCC(C(=O)NCCSCc1c(F)cccc1Cl)N(c1ccc(F)cc1)S(C)(=O)=O. The normalized spacial score (nSPS) is 12.4. The molecule has 0 fully saturated rings. The van der Waals surface area contributed by atoms with Crippen LogP contribution in [0.5, 0.6) is 0 Å². The van der Waals surface area contributed by atoms with Crippen LogP contribution in [0.2, 0.25) is 5.02 Å². The molecule has 1 atom stereocenters. The fraction of sp³-hybridized carbons (Fsp3) is 0.350. The number of nitrogens with zero attached hydrogens (tertiary/aromatic N) is 1. The van der Waals surface area contributed by atoms with Crippen LogP contribution in [0.15, 0.2) is 42.5 Å². The first kappa shape index (κ1) is 24.4. The molecule has 2 rings (SSSR count). The molecule has 0 aromatic heterocycles. The van der Waals surface area contributed by atoms with Gasteiger partial charge in [0, 0.05) is 28.6 Å². The summed E-state index contributed by atoms with van der Waals surface area (Å²) in [6, 6.07) is 8.43. The van der Waals surface area contributed by atoms with E-state index in [1.165, 1.54) is 36.0 Å². The lowest BCUT2D eigenvalue weighted by molar-refractivity contribution is -0.122. The van der Waals surface area contributed by atoms with Gasteiger partial charge in [-0.1, -0.05) is 24.6 Å². The van der Waals surface area contributed by atoms with Gasteiger partial charge in [-0.05, 0) is 42.8 Å². The molecular formula is C20H23ClF2N2O3S2. The number of hydrogen-bond acceptors (Lipinski definition) is 4. The molecule has 2 aromatic rings. The Morgan fingerprint density at radius 1 is 1.20 bits per heavy atom. The first-order chi connectivity index (χ1) is 14.1. The number of amides is 1. The Bertz CT molecular complexity index is 952. The number of hydrogen-bond donors (Lipinski definition) is 1. The molecule has 5 nitrogen and oxygen atoms in total. The van der Waals surface area contributed by atoms with Crippen LogP contribution in [0, 0.1) is 11.6 Å². The van der Waals surface area contributed by atoms with E-state index in [-0.39, 0.29) is 24.5 Å². The Balaban J connectivity index is 1.98. The largest absolute Gasteiger partial charge is 0.353 e. The number of halogens is 3. The molecule has 30 heavy (non-hydrogen) atoms. The predicted molar refractivity (Wildman–Crippen MR) is 118 cm³/mol. The van der Waals surface area contributed by atoms with Crippen molar-refractivity contribution in [3.8, 4) is 0 Å². The van der Waals surface area contributed by atoms with Crippen molar-refractivity contribution in [1.82, 2.24) is 5.32 Å². The molecular weight excluding hydrogens is 454 g/mol. The van der Waals surface area contributed by atoms with Crippen molar-refractivity contribution < 1.29 is 22.0 Å². The van der Waals surface area contributed by atoms with Crippen molar-refractivity contribution in [1.29, 1.82) is 0 Å². The van der Waals surface area contributed by atoms with Gasteiger partial charge in [0.2, 0.25) is 15.9 Å². The van der Waals surface area contributed by atoms with E-state index in [4.69, 9.17) is 11.6 Å². The second-order valence-electron chi connectivity index (χ2n) is 6.50. The number of thioether (sulfide) groups is 1. The van der Waals surface area contributed by atoms with E-state index >= 15 is 0 Å². The van der Waals surface area contributed by atoms with Crippen molar-refractivity contribution in [3.05, 3.63) is 64.7 Å². The highest BCUT2D eigenvalue weighted by molar-refractivity contribution is 7.98. The smallest absolute Gasteiger partial charge is 0.243 e. The number of nitrogens with one attached hydrogen (secondary N) is 1. The Hall–Kier alpha value is -1.84. The molecule has 164 valence electrons. The molecule has 0 saturated heterocycles. The summed E-state index contributed by atoms with van der Waals surface area (Å²) in [5.41, 5.74) is 0.617. The lowest BCUT2D eigenvalue weighted by Gasteiger charge is -2.30. The minimum Gasteiger partial charge on any atom is -0.353 e. The monoisotopic (exact) mass is 476 g/mol. The van der Waals surface area contributed by atoms with Crippen molar-refractivity contribution in [2.45, 2.75) is 25.1 Å². The molecule has 1 unspecified atom stereocenters. The van der Waals surface area contributed by atoms with Gasteiger partial charge in [-0.25, -0.2) is 17.2 Å².